The van der Waals surface area contributed by atoms with Gasteiger partial charge in [-0.05, 0) is 43.7 Å². The monoisotopic (exact) mass is 350 g/mol. The predicted molar refractivity (Wildman–Crippen MR) is 100 cm³/mol. The molecule has 26 heavy (non-hydrogen) atoms. The number of hydrogen-bond donors (Lipinski definition) is 2. The summed E-state index contributed by atoms with van der Waals surface area (Å²) < 4.78 is 11.7. The van der Waals surface area contributed by atoms with Crippen LogP contribution < -0.4 is 15.4 Å². The van der Waals surface area contributed by atoms with E-state index in [4.69, 9.17) is 9.15 Å². The van der Waals surface area contributed by atoms with E-state index < -0.39 is 0 Å². The largest absolute Gasteiger partial charge is 0.489 e. The molecule has 0 radical (unpaired) electrons. The van der Waals surface area contributed by atoms with E-state index in [-0.39, 0.29) is 11.9 Å². The van der Waals surface area contributed by atoms with Crippen LogP contribution in [0.2, 0.25) is 0 Å². The van der Waals surface area contributed by atoms with E-state index in [2.05, 4.69) is 10.6 Å². The maximum absolute atomic E-state index is 12.7. The van der Waals surface area contributed by atoms with E-state index in [0.717, 1.165) is 36.2 Å². The number of nitrogens with one attached hydrogen (secondary N) is 2. The molecule has 4 rings (SSSR count). The molecule has 2 heterocycles. The van der Waals surface area contributed by atoms with Crippen molar-refractivity contribution < 1.29 is 13.9 Å². The molecule has 134 valence electrons. The molecule has 5 heteroatoms. The standard InChI is InChI=1S/C21H22N2O3/c1-14-20(21(24)23-16-9-10-22-12-16)18-11-17(7-8-19(18)26-14)25-13-15-5-3-2-4-6-15/h2-8,11,16,22H,9-10,12-13H2,1H3,(H,23,24)/t16-/m1/s1. The molecule has 0 saturated carbocycles. The van der Waals surface area contributed by atoms with Crippen molar-refractivity contribution in [2.24, 2.45) is 0 Å². The SMILES string of the molecule is Cc1oc2ccc(OCc3ccccc3)cc2c1C(=O)N[C@@H]1CCNC1. The van der Waals surface area contributed by atoms with Crippen molar-refractivity contribution in [1.29, 1.82) is 0 Å². The molecule has 3 aromatic rings. The molecule has 0 bridgehead atoms. The van der Waals surface area contributed by atoms with Crippen LogP contribution in [-0.4, -0.2) is 25.0 Å². The molecule has 5 nitrogen and oxygen atoms in total. The van der Waals surface area contributed by atoms with E-state index in [9.17, 15) is 4.79 Å². The van der Waals surface area contributed by atoms with Crippen LogP contribution in [0.3, 0.4) is 0 Å². The number of furan rings is 1. The Morgan fingerprint density at radius 1 is 1.27 bits per heavy atom. The molecular formula is C21H22N2O3. The lowest BCUT2D eigenvalue weighted by Gasteiger charge is -2.11. The van der Waals surface area contributed by atoms with Gasteiger partial charge >= 0.3 is 0 Å². The van der Waals surface area contributed by atoms with Crippen molar-refractivity contribution in [3.8, 4) is 5.75 Å². The predicted octanol–water partition coefficient (Wildman–Crippen LogP) is 3.41. The Morgan fingerprint density at radius 2 is 2.12 bits per heavy atom. The van der Waals surface area contributed by atoms with Gasteiger partial charge in [-0.25, -0.2) is 0 Å². The Balaban J connectivity index is 1.57. The number of benzene rings is 2. The third-order valence-corrected chi connectivity index (χ3v) is 4.71. The number of hydrogen-bond acceptors (Lipinski definition) is 4. The van der Waals surface area contributed by atoms with Crippen LogP contribution in [0.5, 0.6) is 5.75 Å². The van der Waals surface area contributed by atoms with Crippen molar-refractivity contribution in [1.82, 2.24) is 10.6 Å². The molecule has 0 aliphatic carbocycles. The Hall–Kier alpha value is -2.79. The van der Waals surface area contributed by atoms with Gasteiger partial charge in [-0.3, -0.25) is 4.79 Å². The summed E-state index contributed by atoms with van der Waals surface area (Å²) in [6.07, 6.45) is 0.950. The molecule has 2 N–H and O–H groups in total. The van der Waals surface area contributed by atoms with Crippen LogP contribution in [0.15, 0.2) is 52.9 Å². The number of fused-ring (bicyclic) bond motifs is 1. The maximum atomic E-state index is 12.7. The zero-order valence-corrected chi connectivity index (χ0v) is 14.7. The van der Waals surface area contributed by atoms with Crippen molar-refractivity contribution in [3.63, 3.8) is 0 Å². The molecule has 1 fully saturated rings. The first kappa shape index (κ1) is 16.7. The van der Waals surface area contributed by atoms with Gasteiger partial charge in [-0.15, -0.1) is 0 Å². The number of aryl methyl sites for hydroxylation is 1. The summed E-state index contributed by atoms with van der Waals surface area (Å²) in [7, 11) is 0. The van der Waals surface area contributed by atoms with E-state index >= 15 is 0 Å². The van der Waals surface area contributed by atoms with Crippen molar-refractivity contribution in [2.45, 2.75) is 26.0 Å². The summed E-state index contributed by atoms with van der Waals surface area (Å²) in [4.78, 5) is 12.7. The van der Waals surface area contributed by atoms with Gasteiger partial charge in [0.05, 0.1) is 5.56 Å². The summed E-state index contributed by atoms with van der Waals surface area (Å²) >= 11 is 0. The summed E-state index contributed by atoms with van der Waals surface area (Å²) in [5.41, 5.74) is 2.39. The van der Waals surface area contributed by atoms with Crippen LogP contribution in [0.1, 0.15) is 28.1 Å². The summed E-state index contributed by atoms with van der Waals surface area (Å²) in [6.45, 7) is 4.06. The van der Waals surface area contributed by atoms with Gasteiger partial charge in [-0.1, -0.05) is 30.3 Å². The number of carbonyl (C=O) groups is 1. The lowest BCUT2D eigenvalue weighted by Crippen LogP contribution is -2.36. The fraction of sp³-hybridized carbons (Fsp3) is 0.286. The minimum atomic E-state index is -0.0878. The topological polar surface area (TPSA) is 63.5 Å². The zero-order valence-electron chi connectivity index (χ0n) is 14.7. The summed E-state index contributed by atoms with van der Waals surface area (Å²) in [5.74, 6) is 1.26. The summed E-state index contributed by atoms with van der Waals surface area (Å²) in [5, 5.41) is 7.14. The average Bonchev–Trinajstić information content (AvgIpc) is 3.27. The van der Waals surface area contributed by atoms with Gasteiger partial charge in [0.1, 0.15) is 23.7 Å². The molecule has 1 saturated heterocycles. The highest BCUT2D eigenvalue weighted by molar-refractivity contribution is 6.07. The quantitative estimate of drug-likeness (QED) is 0.740. The van der Waals surface area contributed by atoms with Crippen LogP contribution in [0, 0.1) is 6.92 Å². The molecule has 1 aromatic heterocycles. The minimum Gasteiger partial charge on any atom is -0.489 e. The van der Waals surface area contributed by atoms with Crippen molar-refractivity contribution in [3.05, 3.63) is 65.4 Å². The number of carbonyl (C=O) groups excluding carboxylic acids is 1. The Morgan fingerprint density at radius 3 is 2.88 bits per heavy atom. The van der Waals surface area contributed by atoms with Crippen LogP contribution in [-0.2, 0) is 6.61 Å². The Labute approximate surface area is 152 Å². The lowest BCUT2D eigenvalue weighted by molar-refractivity contribution is 0.0940. The Bertz CT molecular complexity index is 912. The molecule has 1 amide bonds. The van der Waals surface area contributed by atoms with Crippen LogP contribution in [0.25, 0.3) is 11.0 Å². The first-order valence-corrected chi connectivity index (χ1v) is 8.92. The second-order valence-electron chi connectivity index (χ2n) is 6.63. The van der Waals surface area contributed by atoms with Gasteiger partial charge in [0.2, 0.25) is 0 Å². The highest BCUT2D eigenvalue weighted by Crippen LogP contribution is 2.29. The van der Waals surface area contributed by atoms with E-state index in [1.165, 1.54) is 0 Å². The molecule has 2 aromatic carbocycles. The normalized spacial score (nSPS) is 16.7. The van der Waals surface area contributed by atoms with Crippen LogP contribution >= 0.6 is 0 Å². The van der Waals surface area contributed by atoms with Gasteiger partial charge < -0.3 is 19.8 Å². The molecular weight excluding hydrogens is 328 g/mol. The maximum Gasteiger partial charge on any atom is 0.255 e. The third-order valence-electron chi connectivity index (χ3n) is 4.71. The van der Waals surface area contributed by atoms with Gasteiger partial charge in [0.15, 0.2) is 0 Å². The second-order valence-corrected chi connectivity index (χ2v) is 6.63. The summed E-state index contributed by atoms with van der Waals surface area (Å²) in [6, 6.07) is 15.8. The number of ether oxygens (including phenoxy) is 1. The number of amides is 1. The average molecular weight is 350 g/mol. The highest BCUT2D eigenvalue weighted by atomic mass is 16.5. The lowest BCUT2D eigenvalue weighted by atomic mass is 10.1. The van der Waals surface area contributed by atoms with Crippen LogP contribution in [0.4, 0.5) is 0 Å². The van der Waals surface area contributed by atoms with Gasteiger partial charge in [-0.2, -0.15) is 0 Å². The second kappa shape index (κ2) is 7.22. The molecule has 0 unspecified atom stereocenters. The van der Waals surface area contributed by atoms with Crippen molar-refractivity contribution >= 4 is 16.9 Å². The smallest absolute Gasteiger partial charge is 0.255 e. The zero-order chi connectivity index (χ0) is 17.9. The molecule has 1 aliphatic heterocycles. The molecule has 1 atom stereocenters. The fourth-order valence-electron chi connectivity index (χ4n) is 3.35. The highest BCUT2D eigenvalue weighted by Gasteiger charge is 2.23. The van der Waals surface area contributed by atoms with E-state index in [1.807, 2.05) is 55.5 Å². The molecule has 1 aliphatic rings. The number of rotatable bonds is 5. The Kier molecular flexibility index (Phi) is 4.63. The fourth-order valence-corrected chi connectivity index (χ4v) is 3.35. The van der Waals surface area contributed by atoms with Crippen molar-refractivity contribution in [2.75, 3.05) is 13.1 Å². The molecule has 0 spiro atoms. The van der Waals surface area contributed by atoms with Gasteiger partial charge in [0.25, 0.3) is 5.91 Å². The minimum absolute atomic E-state index is 0.0878. The van der Waals surface area contributed by atoms with E-state index in [0.29, 0.717) is 23.5 Å². The first-order chi connectivity index (χ1) is 12.7. The first-order valence-electron chi connectivity index (χ1n) is 8.92. The third kappa shape index (κ3) is 3.44. The van der Waals surface area contributed by atoms with E-state index in [1.54, 1.807) is 0 Å². The van der Waals surface area contributed by atoms with Gasteiger partial charge in [0, 0.05) is 18.0 Å².